The second-order valence-corrected chi connectivity index (χ2v) is 11.4. The maximum absolute atomic E-state index is 15.1. The number of halogens is 8. The van der Waals surface area contributed by atoms with Gasteiger partial charge in [0.2, 0.25) is 10.0 Å². The Bertz CT molecular complexity index is 1620. The number of sulfonamides is 1. The highest BCUT2D eigenvalue weighted by Gasteiger charge is 2.62. The summed E-state index contributed by atoms with van der Waals surface area (Å²) in [5, 5.41) is 3.39. The molecule has 0 bridgehead atoms. The molecule has 1 aromatic heterocycles. The van der Waals surface area contributed by atoms with E-state index in [4.69, 9.17) is 4.52 Å². The predicted octanol–water partition coefficient (Wildman–Crippen LogP) is 4.37. The first-order valence-electron chi connectivity index (χ1n) is 11.8. The Morgan fingerprint density at radius 2 is 1.78 bits per heavy atom. The molecular weight excluding hydrogens is 596 g/mol. The van der Waals surface area contributed by atoms with Gasteiger partial charge in [0.1, 0.15) is 41.0 Å². The van der Waals surface area contributed by atoms with E-state index < -0.39 is 106 Å². The minimum absolute atomic E-state index is 0.266. The number of ether oxygens (including phenoxy) is 1. The molecular formula is C23H18F8N4O5S. The van der Waals surface area contributed by atoms with E-state index in [-0.39, 0.29) is 11.1 Å². The van der Waals surface area contributed by atoms with E-state index in [0.29, 0.717) is 24.3 Å². The molecule has 2 amide bonds. The highest BCUT2D eigenvalue weighted by molar-refractivity contribution is 7.89. The number of carbonyl (C=O) groups excluding carboxylic acids is 1. The van der Waals surface area contributed by atoms with Gasteiger partial charge in [-0.3, -0.25) is 0 Å². The molecule has 2 atom stereocenters. The van der Waals surface area contributed by atoms with Crippen molar-refractivity contribution < 1.29 is 57.6 Å². The smallest absolute Gasteiger partial charge is 0.406 e. The number of urea groups is 1. The minimum atomic E-state index is -5.21. The maximum Gasteiger partial charge on any atom is 0.573 e. The van der Waals surface area contributed by atoms with Crippen LogP contribution in [0.3, 0.4) is 0 Å². The normalized spacial score (nSPS) is 20.8. The summed E-state index contributed by atoms with van der Waals surface area (Å²) in [7, 11) is -4.03. The summed E-state index contributed by atoms with van der Waals surface area (Å²) < 4.78 is 146. The molecule has 41 heavy (non-hydrogen) atoms. The van der Waals surface area contributed by atoms with Crippen LogP contribution in [0, 0.1) is 17.5 Å². The van der Waals surface area contributed by atoms with E-state index in [0.717, 1.165) is 9.80 Å². The van der Waals surface area contributed by atoms with Gasteiger partial charge in [0.25, 0.3) is 5.92 Å². The molecule has 0 saturated carbocycles. The van der Waals surface area contributed by atoms with E-state index in [1.807, 2.05) is 4.72 Å². The van der Waals surface area contributed by atoms with E-state index in [2.05, 4.69) is 9.89 Å². The molecule has 0 radical (unpaired) electrons. The number of benzene rings is 2. The lowest BCUT2D eigenvalue weighted by atomic mass is 9.98. The Balaban J connectivity index is 1.52. The molecule has 2 aliphatic rings. The van der Waals surface area contributed by atoms with Gasteiger partial charge in [0.05, 0.1) is 23.2 Å². The van der Waals surface area contributed by atoms with Crippen LogP contribution >= 0.6 is 0 Å². The topological polar surface area (TPSA) is 105 Å². The van der Waals surface area contributed by atoms with Gasteiger partial charge < -0.3 is 19.1 Å². The highest BCUT2D eigenvalue weighted by Crippen LogP contribution is 2.42. The summed E-state index contributed by atoms with van der Waals surface area (Å²) in [6.45, 7) is -0.603. The van der Waals surface area contributed by atoms with E-state index >= 15 is 8.78 Å². The van der Waals surface area contributed by atoms with Crippen molar-refractivity contribution in [2.24, 2.45) is 0 Å². The molecule has 5 rings (SSSR count). The number of hydrogen-bond donors (Lipinski definition) is 1. The van der Waals surface area contributed by atoms with Gasteiger partial charge in [0, 0.05) is 36.9 Å². The molecule has 0 spiro atoms. The maximum atomic E-state index is 15.1. The van der Waals surface area contributed by atoms with Crippen LogP contribution in [-0.2, 0) is 16.6 Å². The predicted molar refractivity (Wildman–Crippen MR) is 124 cm³/mol. The van der Waals surface area contributed by atoms with Crippen molar-refractivity contribution in [1.82, 2.24) is 19.7 Å². The van der Waals surface area contributed by atoms with Gasteiger partial charge >= 0.3 is 12.4 Å². The van der Waals surface area contributed by atoms with Gasteiger partial charge in [-0.15, -0.1) is 13.2 Å². The lowest BCUT2D eigenvalue weighted by molar-refractivity contribution is -0.274. The monoisotopic (exact) mass is 614 g/mol. The zero-order chi connectivity index (χ0) is 30.1. The third kappa shape index (κ3) is 5.25. The van der Waals surface area contributed by atoms with Crippen molar-refractivity contribution in [2.75, 3.05) is 18.8 Å². The Kier molecular flexibility index (Phi) is 6.83. The molecule has 3 aromatic rings. The van der Waals surface area contributed by atoms with Crippen LogP contribution in [0.25, 0.3) is 22.1 Å². The van der Waals surface area contributed by atoms with Gasteiger partial charge in [0.15, 0.2) is 5.58 Å². The number of aromatic nitrogens is 1. The molecule has 2 aromatic carbocycles. The Morgan fingerprint density at radius 1 is 1.12 bits per heavy atom. The second-order valence-electron chi connectivity index (χ2n) is 9.35. The van der Waals surface area contributed by atoms with E-state index in [9.17, 15) is 39.6 Å². The van der Waals surface area contributed by atoms with Crippen LogP contribution in [0.5, 0.6) is 5.75 Å². The number of hydrogen-bond acceptors (Lipinski definition) is 6. The minimum Gasteiger partial charge on any atom is -0.406 e. The number of fused-ring (bicyclic) bond motifs is 2. The third-order valence-corrected chi connectivity index (χ3v) is 8.15. The molecule has 9 nitrogen and oxygen atoms in total. The fourth-order valence-electron chi connectivity index (χ4n) is 4.92. The number of nitrogens with zero attached hydrogens (tertiary/aromatic N) is 3. The first kappa shape index (κ1) is 28.8. The molecule has 3 heterocycles. The number of alkyl halides is 5. The fourth-order valence-corrected chi connectivity index (χ4v) is 5.75. The van der Waals surface area contributed by atoms with Gasteiger partial charge in [-0.1, -0.05) is 5.16 Å². The van der Waals surface area contributed by atoms with Crippen molar-refractivity contribution in [2.45, 2.75) is 37.8 Å². The zero-order valence-electron chi connectivity index (χ0n) is 20.6. The van der Waals surface area contributed by atoms with Crippen molar-refractivity contribution in [3.05, 3.63) is 47.4 Å². The molecule has 18 heteroatoms. The quantitative estimate of drug-likeness (QED) is 0.397. The summed E-state index contributed by atoms with van der Waals surface area (Å²) >= 11 is 0. The number of amides is 2. The van der Waals surface area contributed by atoms with Crippen molar-refractivity contribution in [3.8, 4) is 16.9 Å². The number of carbonyl (C=O) groups is 1. The highest BCUT2D eigenvalue weighted by atomic mass is 32.2. The average molecular weight is 614 g/mol. The third-order valence-electron chi connectivity index (χ3n) is 6.74. The van der Waals surface area contributed by atoms with Crippen molar-refractivity contribution in [3.63, 3.8) is 0 Å². The molecule has 2 fully saturated rings. The van der Waals surface area contributed by atoms with Crippen LogP contribution in [0.15, 0.2) is 28.8 Å². The summed E-state index contributed by atoms with van der Waals surface area (Å²) in [5.74, 6) is -9.37. The number of rotatable bonds is 7. The van der Waals surface area contributed by atoms with E-state index in [1.54, 1.807) is 0 Å². The van der Waals surface area contributed by atoms with Crippen LogP contribution in [0.1, 0.15) is 12.6 Å². The van der Waals surface area contributed by atoms with Crippen LogP contribution < -0.4 is 9.46 Å². The molecule has 2 aliphatic heterocycles. The largest absolute Gasteiger partial charge is 0.573 e. The average Bonchev–Trinajstić information content (AvgIpc) is 3.45. The SMILES string of the molecule is CCS(=O)(=O)N[C@@H]1CN2C(=O)N(Cc3noc4cc(OC(F)(F)F)cc(-c5c(F)cc(F)cc5F)c34)C[C@@H]2C1(F)F. The Labute approximate surface area is 225 Å². The first-order chi connectivity index (χ1) is 19.0. The molecule has 0 aliphatic carbocycles. The van der Waals surface area contributed by atoms with Crippen LogP contribution in [0.2, 0.25) is 0 Å². The lowest BCUT2D eigenvalue weighted by Gasteiger charge is -2.24. The Morgan fingerprint density at radius 3 is 2.37 bits per heavy atom. The second kappa shape index (κ2) is 9.71. The molecule has 0 unspecified atom stereocenters. The van der Waals surface area contributed by atoms with Crippen LogP contribution in [-0.4, -0.2) is 72.6 Å². The molecule has 222 valence electrons. The summed E-state index contributed by atoms with van der Waals surface area (Å²) in [6.07, 6.45) is -5.21. The molecule has 1 N–H and O–H groups in total. The van der Waals surface area contributed by atoms with Gasteiger partial charge in [-0.05, 0) is 13.0 Å². The zero-order valence-corrected chi connectivity index (χ0v) is 21.4. The number of nitrogens with one attached hydrogen (secondary N) is 1. The first-order valence-corrected chi connectivity index (χ1v) is 13.4. The fraction of sp³-hybridized carbons (Fsp3) is 0.391. The van der Waals surface area contributed by atoms with E-state index in [1.165, 1.54) is 6.92 Å². The Hall–Kier alpha value is -3.67. The van der Waals surface area contributed by atoms with Crippen LogP contribution in [0.4, 0.5) is 39.9 Å². The lowest BCUT2D eigenvalue weighted by Crippen LogP contribution is -2.51. The summed E-state index contributed by atoms with van der Waals surface area (Å²) in [5.41, 5.74) is -2.29. The summed E-state index contributed by atoms with van der Waals surface area (Å²) in [6, 6.07) is -2.66. The summed E-state index contributed by atoms with van der Waals surface area (Å²) in [4.78, 5) is 14.7. The van der Waals surface area contributed by atoms with Crippen molar-refractivity contribution in [1.29, 1.82) is 0 Å². The van der Waals surface area contributed by atoms with Crippen molar-refractivity contribution >= 4 is 27.0 Å². The molecule has 2 saturated heterocycles. The van der Waals surface area contributed by atoms with Gasteiger partial charge in [-0.25, -0.2) is 39.9 Å². The standard InChI is InChI=1S/C23H18F8N4O5S/c1-2-41(37,38)33-17-8-35-18(22(17,27)28)9-34(21(35)36)7-15-20-12(19-13(25)3-10(24)4-14(19)26)5-11(39-23(29,30)31)6-16(20)40-32-15/h3-6,17-18,33H,2,7-9H2,1H3/t17-,18-/m1/s1. The van der Waals surface area contributed by atoms with Gasteiger partial charge in [-0.2, -0.15) is 0 Å².